The number of nitrogens with zero attached hydrogens (tertiary/aromatic N) is 1. The van der Waals surface area contributed by atoms with Gasteiger partial charge in [-0.25, -0.2) is 17.8 Å². The van der Waals surface area contributed by atoms with E-state index >= 15 is 0 Å². The fourth-order valence-corrected chi connectivity index (χ4v) is 2.99. The lowest BCUT2D eigenvalue weighted by Crippen LogP contribution is -2.00. The monoisotopic (exact) mass is 305 g/mol. The Hall–Kier alpha value is -0.980. The summed E-state index contributed by atoms with van der Waals surface area (Å²) in [6.45, 7) is 0. The van der Waals surface area contributed by atoms with E-state index in [4.69, 9.17) is 10.7 Å². The SMILES string of the molecule is O=S(=O)(Cl)CCc1nc(-c2ccc(F)cc2)cs1. The average molecular weight is 306 g/mol. The van der Waals surface area contributed by atoms with E-state index in [1.807, 2.05) is 5.38 Å². The third kappa shape index (κ3) is 3.76. The summed E-state index contributed by atoms with van der Waals surface area (Å²) in [5, 5.41) is 2.50. The van der Waals surface area contributed by atoms with Gasteiger partial charge in [0.15, 0.2) is 0 Å². The van der Waals surface area contributed by atoms with E-state index < -0.39 is 9.05 Å². The van der Waals surface area contributed by atoms with Crippen LogP contribution in [0.3, 0.4) is 0 Å². The molecule has 7 heteroatoms. The Morgan fingerprint density at radius 2 is 1.94 bits per heavy atom. The summed E-state index contributed by atoms with van der Waals surface area (Å²) in [4.78, 5) is 4.29. The predicted octanol–water partition coefficient (Wildman–Crippen LogP) is 3.06. The summed E-state index contributed by atoms with van der Waals surface area (Å²) in [6.07, 6.45) is 0.289. The van der Waals surface area contributed by atoms with Crippen molar-refractivity contribution in [2.45, 2.75) is 6.42 Å². The van der Waals surface area contributed by atoms with Gasteiger partial charge in [-0.2, -0.15) is 0 Å². The van der Waals surface area contributed by atoms with E-state index in [2.05, 4.69) is 4.98 Å². The number of hydrogen-bond acceptors (Lipinski definition) is 4. The molecule has 0 aliphatic heterocycles. The maximum Gasteiger partial charge on any atom is 0.233 e. The van der Waals surface area contributed by atoms with Crippen LogP contribution in [0.4, 0.5) is 4.39 Å². The lowest BCUT2D eigenvalue weighted by molar-refractivity contribution is 0.608. The topological polar surface area (TPSA) is 47.0 Å². The maximum atomic E-state index is 12.8. The zero-order valence-corrected chi connectivity index (χ0v) is 11.5. The third-order valence-electron chi connectivity index (χ3n) is 2.25. The Bertz CT molecular complexity index is 637. The number of halogens is 2. The molecule has 18 heavy (non-hydrogen) atoms. The number of hydrogen-bond donors (Lipinski definition) is 0. The molecule has 0 N–H and O–H groups in total. The fourth-order valence-electron chi connectivity index (χ4n) is 1.39. The molecule has 0 saturated heterocycles. The van der Waals surface area contributed by atoms with Gasteiger partial charge in [-0.3, -0.25) is 0 Å². The largest absolute Gasteiger partial charge is 0.241 e. The summed E-state index contributed by atoms with van der Waals surface area (Å²) in [5.74, 6) is -0.437. The number of aryl methyl sites for hydroxylation is 1. The lowest BCUT2D eigenvalue weighted by atomic mass is 10.2. The molecule has 0 bridgehead atoms. The molecule has 3 nitrogen and oxygen atoms in total. The quantitative estimate of drug-likeness (QED) is 0.816. The number of aromatic nitrogens is 1. The Balaban J connectivity index is 2.13. The average Bonchev–Trinajstić information content (AvgIpc) is 2.75. The first-order chi connectivity index (χ1) is 8.44. The van der Waals surface area contributed by atoms with Crippen LogP contribution in [-0.4, -0.2) is 19.2 Å². The first-order valence-corrected chi connectivity index (χ1v) is 8.42. The second-order valence-electron chi connectivity index (χ2n) is 3.63. The highest BCUT2D eigenvalue weighted by atomic mass is 35.7. The van der Waals surface area contributed by atoms with Gasteiger partial charge < -0.3 is 0 Å². The van der Waals surface area contributed by atoms with Gasteiger partial charge in [-0.1, -0.05) is 0 Å². The van der Waals surface area contributed by atoms with Crippen molar-refractivity contribution in [3.05, 3.63) is 40.5 Å². The van der Waals surface area contributed by atoms with Crippen molar-refractivity contribution in [1.82, 2.24) is 4.98 Å². The van der Waals surface area contributed by atoms with Crippen LogP contribution >= 0.6 is 22.0 Å². The van der Waals surface area contributed by atoms with Crippen LogP contribution in [0.1, 0.15) is 5.01 Å². The van der Waals surface area contributed by atoms with Crippen LogP contribution < -0.4 is 0 Å². The van der Waals surface area contributed by atoms with Crippen molar-refractivity contribution in [1.29, 1.82) is 0 Å². The van der Waals surface area contributed by atoms with Crippen LogP contribution in [-0.2, 0) is 15.5 Å². The van der Waals surface area contributed by atoms with Crippen molar-refractivity contribution in [2.24, 2.45) is 0 Å². The van der Waals surface area contributed by atoms with Gasteiger partial charge >= 0.3 is 0 Å². The molecule has 0 atom stereocenters. The molecule has 1 heterocycles. The highest BCUT2D eigenvalue weighted by Gasteiger charge is 2.09. The molecule has 1 aromatic carbocycles. The van der Waals surface area contributed by atoms with Gasteiger partial charge in [-0.05, 0) is 24.3 Å². The second-order valence-corrected chi connectivity index (χ2v) is 7.47. The minimum atomic E-state index is -3.49. The van der Waals surface area contributed by atoms with Crippen LogP contribution in [0.25, 0.3) is 11.3 Å². The minimum Gasteiger partial charge on any atom is -0.241 e. The van der Waals surface area contributed by atoms with Gasteiger partial charge in [0.1, 0.15) is 5.82 Å². The Kier molecular flexibility index (Phi) is 3.99. The Labute approximate surface area is 113 Å². The molecule has 2 aromatic rings. The van der Waals surface area contributed by atoms with Crippen LogP contribution in [0, 0.1) is 5.82 Å². The number of benzene rings is 1. The standard InChI is InChI=1S/C11H9ClFNO2S2/c12-18(15,16)6-5-11-14-10(7-17-11)8-1-3-9(13)4-2-8/h1-4,7H,5-6H2. The predicted molar refractivity (Wildman–Crippen MR) is 70.9 cm³/mol. The zero-order chi connectivity index (χ0) is 13.2. The zero-order valence-electron chi connectivity index (χ0n) is 9.14. The van der Waals surface area contributed by atoms with Crippen LogP contribution in [0.15, 0.2) is 29.6 Å². The highest BCUT2D eigenvalue weighted by Crippen LogP contribution is 2.22. The number of rotatable bonds is 4. The Morgan fingerprint density at radius 1 is 1.28 bits per heavy atom. The molecule has 0 aliphatic carbocycles. The van der Waals surface area contributed by atoms with Gasteiger partial charge in [-0.15, -0.1) is 11.3 Å². The Morgan fingerprint density at radius 3 is 2.56 bits per heavy atom. The summed E-state index contributed by atoms with van der Waals surface area (Å²) in [5.41, 5.74) is 1.51. The molecule has 0 radical (unpaired) electrons. The van der Waals surface area contributed by atoms with E-state index in [-0.39, 0.29) is 18.0 Å². The molecule has 2 rings (SSSR count). The first-order valence-electron chi connectivity index (χ1n) is 5.07. The van der Waals surface area contributed by atoms with Crippen LogP contribution in [0.5, 0.6) is 0 Å². The van der Waals surface area contributed by atoms with Crippen molar-refractivity contribution in [3.63, 3.8) is 0 Å². The van der Waals surface area contributed by atoms with Crippen molar-refractivity contribution in [3.8, 4) is 11.3 Å². The minimum absolute atomic E-state index is 0.134. The smallest absolute Gasteiger partial charge is 0.233 e. The summed E-state index contributed by atoms with van der Waals surface area (Å²) in [6, 6.07) is 5.98. The fraction of sp³-hybridized carbons (Fsp3) is 0.182. The summed E-state index contributed by atoms with van der Waals surface area (Å²) >= 11 is 1.36. The van der Waals surface area contributed by atoms with Gasteiger partial charge in [0.05, 0.1) is 16.5 Å². The van der Waals surface area contributed by atoms with Gasteiger partial charge in [0.2, 0.25) is 9.05 Å². The van der Waals surface area contributed by atoms with Crippen molar-refractivity contribution >= 4 is 31.1 Å². The number of thiazole rings is 1. The van der Waals surface area contributed by atoms with E-state index in [9.17, 15) is 12.8 Å². The van der Waals surface area contributed by atoms with Gasteiger partial charge in [0, 0.05) is 28.0 Å². The van der Waals surface area contributed by atoms with E-state index in [0.717, 1.165) is 5.56 Å². The summed E-state index contributed by atoms with van der Waals surface area (Å²) in [7, 11) is 1.64. The molecule has 0 spiro atoms. The van der Waals surface area contributed by atoms with Crippen molar-refractivity contribution < 1.29 is 12.8 Å². The van der Waals surface area contributed by atoms with Crippen molar-refractivity contribution in [2.75, 3.05) is 5.75 Å². The van der Waals surface area contributed by atoms with E-state index in [0.29, 0.717) is 10.7 Å². The molecule has 0 unspecified atom stereocenters. The lowest BCUT2D eigenvalue weighted by Gasteiger charge is -1.96. The molecular formula is C11H9ClFNO2S2. The summed E-state index contributed by atoms with van der Waals surface area (Å²) < 4.78 is 34.4. The molecule has 0 aliphatic rings. The highest BCUT2D eigenvalue weighted by molar-refractivity contribution is 8.13. The van der Waals surface area contributed by atoms with E-state index in [1.54, 1.807) is 12.1 Å². The second kappa shape index (κ2) is 5.34. The maximum absolute atomic E-state index is 12.8. The normalized spacial score (nSPS) is 11.7. The molecule has 0 fully saturated rings. The van der Waals surface area contributed by atoms with E-state index in [1.165, 1.54) is 23.5 Å². The molecule has 1 aromatic heterocycles. The molecule has 96 valence electrons. The molecule has 0 saturated carbocycles. The molecular weight excluding hydrogens is 297 g/mol. The molecule has 0 amide bonds. The van der Waals surface area contributed by atoms with Crippen LogP contribution in [0.2, 0.25) is 0 Å². The first kappa shape index (κ1) is 13.5. The van der Waals surface area contributed by atoms with Gasteiger partial charge in [0.25, 0.3) is 0 Å². The third-order valence-corrected chi connectivity index (χ3v) is 4.31.